The first-order chi connectivity index (χ1) is 7.25. The Morgan fingerprint density at radius 2 is 2.13 bits per heavy atom. The predicted molar refractivity (Wildman–Crippen MR) is 67.1 cm³/mol. The number of benzene rings is 1. The Hall–Kier alpha value is -0.380. The summed E-state index contributed by atoms with van der Waals surface area (Å²) in [5, 5.41) is 3.42. The first kappa shape index (κ1) is 12.7. The van der Waals surface area contributed by atoms with E-state index in [0.717, 1.165) is 24.2 Å². The van der Waals surface area contributed by atoms with Crippen molar-refractivity contribution in [2.45, 2.75) is 19.9 Å². The fraction of sp³-hybridized carbons (Fsp3) is 0.500. The van der Waals surface area contributed by atoms with Gasteiger partial charge in [-0.25, -0.2) is 0 Å². The van der Waals surface area contributed by atoms with Crippen LogP contribution in [0.3, 0.4) is 0 Å². The fourth-order valence-electron chi connectivity index (χ4n) is 1.43. The minimum atomic E-state index is 0.348. The lowest BCUT2D eigenvalue weighted by Crippen LogP contribution is -2.23. The zero-order valence-corrected chi connectivity index (χ0v) is 10.9. The van der Waals surface area contributed by atoms with Crippen LogP contribution in [-0.4, -0.2) is 19.8 Å². The molecule has 1 aromatic carbocycles. The molecule has 0 radical (unpaired) electrons. The Labute approximate surface area is 100 Å². The van der Waals surface area contributed by atoms with Crippen LogP contribution in [0.5, 0.6) is 0 Å². The van der Waals surface area contributed by atoms with Crippen molar-refractivity contribution < 1.29 is 4.74 Å². The standard InChI is InChI=1S/C12H18BrNO/c1-3-15-9-8-14-10(2)11-6-4-5-7-12(11)13/h4-7,10,14H,3,8-9H2,1-2H3/t10-/m1/s1. The average Bonchev–Trinajstić information content (AvgIpc) is 2.25. The first-order valence-electron chi connectivity index (χ1n) is 5.31. The lowest BCUT2D eigenvalue weighted by atomic mass is 10.1. The van der Waals surface area contributed by atoms with E-state index in [1.807, 2.05) is 13.0 Å². The molecule has 0 fully saturated rings. The number of ether oxygens (including phenoxy) is 1. The Balaban J connectivity index is 2.40. The molecule has 1 aromatic rings. The molecule has 0 bridgehead atoms. The lowest BCUT2D eigenvalue weighted by Gasteiger charge is -2.15. The van der Waals surface area contributed by atoms with Crippen LogP contribution in [0.2, 0.25) is 0 Å². The molecule has 1 rings (SSSR count). The number of hydrogen-bond acceptors (Lipinski definition) is 2. The molecule has 0 aliphatic carbocycles. The molecular weight excluding hydrogens is 254 g/mol. The predicted octanol–water partition coefficient (Wildman–Crippen LogP) is 3.14. The molecule has 15 heavy (non-hydrogen) atoms. The molecule has 84 valence electrons. The topological polar surface area (TPSA) is 21.3 Å². The summed E-state index contributed by atoms with van der Waals surface area (Å²) in [5.74, 6) is 0. The molecule has 0 aliphatic rings. The van der Waals surface area contributed by atoms with Crippen LogP contribution in [0.25, 0.3) is 0 Å². The quantitative estimate of drug-likeness (QED) is 0.803. The molecule has 0 saturated carbocycles. The van der Waals surface area contributed by atoms with E-state index in [4.69, 9.17) is 4.74 Å². The maximum Gasteiger partial charge on any atom is 0.0590 e. The monoisotopic (exact) mass is 271 g/mol. The van der Waals surface area contributed by atoms with Gasteiger partial charge in [-0.15, -0.1) is 0 Å². The maximum atomic E-state index is 5.28. The molecule has 0 amide bonds. The summed E-state index contributed by atoms with van der Waals surface area (Å²) in [6.45, 7) is 6.61. The summed E-state index contributed by atoms with van der Waals surface area (Å²) in [6.07, 6.45) is 0. The summed E-state index contributed by atoms with van der Waals surface area (Å²) >= 11 is 3.55. The van der Waals surface area contributed by atoms with Crippen molar-refractivity contribution in [2.24, 2.45) is 0 Å². The van der Waals surface area contributed by atoms with Crippen LogP contribution in [0, 0.1) is 0 Å². The van der Waals surface area contributed by atoms with Gasteiger partial charge in [-0.3, -0.25) is 0 Å². The van der Waals surface area contributed by atoms with Gasteiger partial charge in [0.15, 0.2) is 0 Å². The molecule has 0 aromatic heterocycles. The average molecular weight is 272 g/mol. The van der Waals surface area contributed by atoms with Crippen molar-refractivity contribution in [3.8, 4) is 0 Å². The van der Waals surface area contributed by atoms with Gasteiger partial charge in [0.25, 0.3) is 0 Å². The SMILES string of the molecule is CCOCCN[C@H](C)c1ccccc1Br. The van der Waals surface area contributed by atoms with Crippen molar-refractivity contribution in [1.29, 1.82) is 0 Å². The molecular formula is C12H18BrNO. The third kappa shape index (κ3) is 4.33. The zero-order chi connectivity index (χ0) is 11.1. The minimum absolute atomic E-state index is 0.348. The number of rotatable bonds is 6. The highest BCUT2D eigenvalue weighted by Gasteiger charge is 2.06. The highest BCUT2D eigenvalue weighted by Crippen LogP contribution is 2.22. The van der Waals surface area contributed by atoms with E-state index in [2.05, 4.69) is 46.4 Å². The van der Waals surface area contributed by atoms with Crippen molar-refractivity contribution in [3.05, 3.63) is 34.3 Å². The molecule has 0 unspecified atom stereocenters. The van der Waals surface area contributed by atoms with E-state index in [1.54, 1.807) is 0 Å². The van der Waals surface area contributed by atoms with E-state index in [0.29, 0.717) is 6.04 Å². The highest BCUT2D eigenvalue weighted by molar-refractivity contribution is 9.10. The van der Waals surface area contributed by atoms with Gasteiger partial charge in [-0.05, 0) is 25.5 Å². The fourth-order valence-corrected chi connectivity index (χ4v) is 2.06. The molecule has 0 saturated heterocycles. The molecule has 0 aliphatic heterocycles. The van der Waals surface area contributed by atoms with Gasteiger partial charge >= 0.3 is 0 Å². The summed E-state index contributed by atoms with van der Waals surface area (Å²) in [4.78, 5) is 0. The second kappa shape index (κ2) is 6.99. The Morgan fingerprint density at radius 3 is 2.80 bits per heavy atom. The zero-order valence-electron chi connectivity index (χ0n) is 9.29. The summed E-state index contributed by atoms with van der Waals surface area (Å²) in [5.41, 5.74) is 1.29. The first-order valence-corrected chi connectivity index (χ1v) is 6.10. The van der Waals surface area contributed by atoms with Gasteiger partial charge in [0.2, 0.25) is 0 Å². The number of hydrogen-bond donors (Lipinski definition) is 1. The van der Waals surface area contributed by atoms with E-state index >= 15 is 0 Å². The number of nitrogens with one attached hydrogen (secondary N) is 1. The maximum absolute atomic E-state index is 5.28. The summed E-state index contributed by atoms with van der Waals surface area (Å²) in [6, 6.07) is 8.63. The van der Waals surface area contributed by atoms with Gasteiger partial charge in [-0.2, -0.15) is 0 Å². The minimum Gasteiger partial charge on any atom is -0.380 e. The normalized spacial score (nSPS) is 12.7. The Morgan fingerprint density at radius 1 is 1.40 bits per heavy atom. The van der Waals surface area contributed by atoms with E-state index in [-0.39, 0.29) is 0 Å². The smallest absolute Gasteiger partial charge is 0.0590 e. The van der Waals surface area contributed by atoms with Gasteiger partial charge < -0.3 is 10.1 Å². The Kier molecular flexibility index (Phi) is 5.91. The number of halogens is 1. The lowest BCUT2D eigenvalue weighted by molar-refractivity contribution is 0.147. The Bertz CT molecular complexity index is 291. The molecule has 0 spiro atoms. The van der Waals surface area contributed by atoms with Crippen molar-refractivity contribution in [1.82, 2.24) is 5.32 Å². The van der Waals surface area contributed by atoms with Crippen LogP contribution < -0.4 is 5.32 Å². The van der Waals surface area contributed by atoms with Crippen LogP contribution >= 0.6 is 15.9 Å². The van der Waals surface area contributed by atoms with Crippen LogP contribution in [0.1, 0.15) is 25.5 Å². The molecule has 2 nitrogen and oxygen atoms in total. The molecule has 3 heteroatoms. The third-order valence-corrected chi connectivity index (χ3v) is 2.99. The third-order valence-electron chi connectivity index (χ3n) is 2.27. The van der Waals surface area contributed by atoms with Gasteiger partial charge in [-0.1, -0.05) is 34.1 Å². The van der Waals surface area contributed by atoms with Crippen LogP contribution in [0.4, 0.5) is 0 Å². The second-order valence-corrected chi connectivity index (χ2v) is 4.25. The molecule has 1 atom stereocenters. The highest BCUT2D eigenvalue weighted by atomic mass is 79.9. The van der Waals surface area contributed by atoms with E-state index in [9.17, 15) is 0 Å². The van der Waals surface area contributed by atoms with E-state index in [1.165, 1.54) is 5.56 Å². The summed E-state index contributed by atoms with van der Waals surface area (Å²) in [7, 11) is 0. The van der Waals surface area contributed by atoms with Gasteiger partial charge in [0.1, 0.15) is 0 Å². The second-order valence-electron chi connectivity index (χ2n) is 3.39. The van der Waals surface area contributed by atoms with E-state index < -0.39 is 0 Å². The summed E-state index contributed by atoms with van der Waals surface area (Å²) < 4.78 is 6.43. The largest absolute Gasteiger partial charge is 0.380 e. The van der Waals surface area contributed by atoms with Crippen molar-refractivity contribution >= 4 is 15.9 Å². The van der Waals surface area contributed by atoms with Gasteiger partial charge in [0, 0.05) is 23.7 Å². The van der Waals surface area contributed by atoms with Crippen LogP contribution in [0.15, 0.2) is 28.7 Å². The molecule has 1 N–H and O–H groups in total. The van der Waals surface area contributed by atoms with Crippen molar-refractivity contribution in [3.63, 3.8) is 0 Å². The molecule has 0 heterocycles. The van der Waals surface area contributed by atoms with Gasteiger partial charge in [0.05, 0.1) is 6.61 Å². The van der Waals surface area contributed by atoms with Crippen molar-refractivity contribution in [2.75, 3.05) is 19.8 Å². The van der Waals surface area contributed by atoms with Crippen LogP contribution in [-0.2, 0) is 4.74 Å².